The molecule has 0 unspecified atom stereocenters. The quantitative estimate of drug-likeness (QED) is 0.373. The number of anilines is 1. The van der Waals surface area contributed by atoms with Crippen molar-refractivity contribution >= 4 is 62.4 Å². The fourth-order valence-electron chi connectivity index (χ4n) is 3.10. The number of thiazole rings is 1. The molecular weight excluding hydrogens is 454 g/mol. The Bertz CT molecular complexity index is 960. The molecule has 31 heavy (non-hydrogen) atoms. The number of aromatic nitrogens is 1. The number of fused-ring (bicyclic) bond motifs is 1. The largest absolute Gasteiger partial charge is 0.495 e. The van der Waals surface area contributed by atoms with E-state index in [4.69, 9.17) is 14.5 Å². The number of rotatable bonds is 10. The maximum Gasteiger partial charge on any atom is 0.252 e. The maximum atomic E-state index is 13.1. The zero-order valence-corrected chi connectivity index (χ0v) is 20.6. The van der Waals surface area contributed by atoms with Gasteiger partial charge in [-0.2, -0.15) is 0 Å². The summed E-state index contributed by atoms with van der Waals surface area (Å²) in [5.74, 6) is 1.30. The molecule has 0 N–H and O–H groups in total. The minimum absolute atomic E-state index is 0. The number of hydrogen-bond donors (Lipinski definition) is 0. The summed E-state index contributed by atoms with van der Waals surface area (Å²) in [5, 5.41) is 2.63. The normalized spacial score (nSPS) is 11.1. The summed E-state index contributed by atoms with van der Waals surface area (Å²) < 4.78 is 11.8. The van der Waals surface area contributed by atoms with E-state index in [1.54, 1.807) is 36.5 Å². The van der Waals surface area contributed by atoms with E-state index in [1.165, 1.54) is 11.3 Å². The van der Waals surface area contributed by atoms with Gasteiger partial charge in [0.1, 0.15) is 21.7 Å². The molecule has 0 radical (unpaired) electrons. The molecule has 9 heteroatoms. The van der Waals surface area contributed by atoms with Crippen LogP contribution in [-0.2, 0) is 4.79 Å². The highest BCUT2D eigenvalue weighted by Gasteiger charge is 2.21. The van der Waals surface area contributed by atoms with Crippen molar-refractivity contribution in [1.29, 1.82) is 0 Å². The molecule has 0 saturated carbocycles. The number of benzene rings is 1. The Morgan fingerprint density at radius 1 is 1.10 bits per heavy atom. The van der Waals surface area contributed by atoms with Crippen LogP contribution in [0.2, 0.25) is 0 Å². The van der Waals surface area contributed by atoms with Gasteiger partial charge in [-0.25, -0.2) is 4.98 Å². The van der Waals surface area contributed by atoms with Gasteiger partial charge >= 0.3 is 0 Å². The highest BCUT2D eigenvalue weighted by molar-refractivity contribution is 7.22. The minimum atomic E-state index is -0.0902. The Kier molecular flexibility index (Phi) is 9.77. The number of carbonyl (C=O) groups excluding carboxylic acids is 1. The average Bonchev–Trinajstić information content (AvgIpc) is 3.44. The van der Waals surface area contributed by atoms with Gasteiger partial charge in [-0.05, 0) is 42.7 Å². The second-order valence-electron chi connectivity index (χ2n) is 6.51. The summed E-state index contributed by atoms with van der Waals surface area (Å²) in [6.45, 7) is 7.45. The van der Waals surface area contributed by atoms with Crippen molar-refractivity contribution in [3.8, 4) is 11.5 Å². The number of likely N-dealkylation sites (N-methyl/N-ethyl adjacent to an activating group) is 1. The highest BCUT2D eigenvalue weighted by atomic mass is 35.5. The van der Waals surface area contributed by atoms with Crippen LogP contribution < -0.4 is 14.4 Å². The second-order valence-corrected chi connectivity index (χ2v) is 8.47. The van der Waals surface area contributed by atoms with Gasteiger partial charge in [0.15, 0.2) is 5.13 Å². The van der Waals surface area contributed by atoms with Crippen molar-refractivity contribution in [3.63, 3.8) is 0 Å². The molecule has 0 atom stereocenters. The molecule has 3 aromatic rings. The lowest BCUT2D eigenvalue weighted by Crippen LogP contribution is -2.38. The van der Waals surface area contributed by atoms with Crippen molar-refractivity contribution in [2.45, 2.75) is 13.8 Å². The molecule has 0 aliphatic heterocycles. The molecule has 0 aliphatic carbocycles. The highest BCUT2D eigenvalue weighted by Crippen LogP contribution is 2.40. The third kappa shape index (κ3) is 5.98. The first-order valence-electron chi connectivity index (χ1n) is 9.88. The predicted octanol–water partition coefficient (Wildman–Crippen LogP) is 5.19. The van der Waals surface area contributed by atoms with E-state index >= 15 is 0 Å². The second kappa shape index (κ2) is 12.0. The fraction of sp³-hybridized carbons (Fsp3) is 0.364. The number of methoxy groups -OCH3 is 2. The Labute approximate surface area is 197 Å². The molecule has 0 bridgehead atoms. The van der Waals surface area contributed by atoms with Crippen LogP contribution >= 0.6 is 35.1 Å². The third-order valence-electron chi connectivity index (χ3n) is 4.86. The molecule has 0 fully saturated rings. The van der Waals surface area contributed by atoms with Crippen molar-refractivity contribution in [1.82, 2.24) is 9.88 Å². The van der Waals surface area contributed by atoms with E-state index in [-0.39, 0.29) is 18.3 Å². The summed E-state index contributed by atoms with van der Waals surface area (Å²) in [6.07, 6.45) is 3.47. The third-order valence-corrected chi connectivity index (χ3v) is 6.79. The van der Waals surface area contributed by atoms with Gasteiger partial charge < -0.3 is 14.4 Å². The molecule has 0 aliphatic rings. The SMILES string of the molecule is CCN(CC)CCN(C(=O)C=Cc1cccs1)c1nc2c(OC)ccc(OC)c2s1.Cl. The van der Waals surface area contributed by atoms with Crippen LogP contribution in [0.1, 0.15) is 18.7 Å². The predicted molar refractivity (Wildman–Crippen MR) is 133 cm³/mol. The molecule has 168 valence electrons. The molecule has 2 aromatic heterocycles. The van der Waals surface area contributed by atoms with Crippen molar-refractivity contribution in [2.75, 3.05) is 45.3 Å². The average molecular weight is 482 g/mol. The van der Waals surface area contributed by atoms with Gasteiger partial charge in [0, 0.05) is 24.0 Å². The van der Waals surface area contributed by atoms with Crippen LogP contribution in [0.4, 0.5) is 5.13 Å². The van der Waals surface area contributed by atoms with Gasteiger partial charge in [-0.1, -0.05) is 31.3 Å². The number of amides is 1. The van der Waals surface area contributed by atoms with Crippen LogP contribution in [0, 0.1) is 0 Å². The molecule has 2 heterocycles. The summed E-state index contributed by atoms with van der Waals surface area (Å²) >= 11 is 3.04. The summed E-state index contributed by atoms with van der Waals surface area (Å²) in [6, 6.07) is 7.66. The van der Waals surface area contributed by atoms with Crippen LogP contribution in [0.3, 0.4) is 0 Å². The number of halogens is 1. The molecule has 1 amide bonds. The number of thiophene rings is 1. The van der Waals surface area contributed by atoms with Gasteiger partial charge in [-0.15, -0.1) is 23.7 Å². The Morgan fingerprint density at radius 3 is 2.42 bits per heavy atom. The van der Waals surface area contributed by atoms with Crippen LogP contribution in [0.25, 0.3) is 16.3 Å². The monoisotopic (exact) mass is 481 g/mol. The lowest BCUT2D eigenvalue weighted by Gasteiger charge is -2.23. The minimum Gasteiger partial charge on any atom is -0.495 e. The van der Waals surface area contributed by atoms with E-state index in [9.17, 15) is 4.79 Å². The number of ether oxygens (including phenoxy) is 2. The lowest BCUT2D eigenvalue weighted by atomic mass is 10.3. The zero-order valence-electron chi connectivity index (χ0n) is 18.2. The smallest absolute Gasteiger partial charge is 0.252 e. The first kappa shape index (κ1) is 25.1. The summed E-state index contributed by atoms with van der Waals surface area (Å²) in [7, 11) is 3.25. The van der Waals surface area contributed by atoms with Crippen molar-refractivity contribution in [3.05, 3.63) is 40.6 Å². The molecular formula is C22H28ClN3O3S2. The zero-order chi connectivity index (χ0) is 21.5. The first-order valence-corrected chi connectivity index (χ1v) is 11.6. The standard InChI is InChI=1S/C22H27N3O3S2.ClH/c1-5-24(6-2)13-14-25(19(26)12-9-16-8-7-15-29-16)22-23-20-17(27-3)10-11-18(28-4)21(20)30-22;/h7-12,15H,5-6,13-14H2,1-4H3;1H. The summed E-state index contributed by atoms with van der Waals surface area (Å²) in [5.41, 5.74) is 0.708. The van der Waals surface area contributed by atoms with Crippen LogP contribution in [0.15, 0.2) is 35.7 Å². The summed E-state index contributed by atoms with van der Waals surface area (Å²) in [4.78, 5) is 23.0. The van der Waals surface area contributed by atoms with Gasteiger partial charge in [0.2, 0.25) is 0 Å². The molecule has 3 rings (SSSR count). The topological polar surface area (TPSA) is 54.9 Å². The van der Waals surface area contributed by atoms with E-state index in [0.717, 1.165) is 35.0 Å². The van der Waals surface area contributed by atoms with Gasteiger partial charge in [-0.3, -0.25) is 9.69 Å². The van der Waals surface area contributed by atoms with E-state index in [1.807, 2.05) is 35.7 Å². The number of nitrogens with zero attached hydrogens (tertiary/aromatic N) is 3. The Morgan fingerprint density at radius 2 is 1.81 bits per heavy atom. The Hall–Kier alpha value is -2.13. The van der Waals surface area contributed by atoms with Gasteiger partial charge in [0.05, 0.1) is 14.2 Å². The van der Waals surface area contributed by atoms with Crippen LogP contribution in [-0.4, -0.2) is 56.2 Å². The molecule has 0 saturated heterocycles. The van der Waals surface area contributed by atoms with Crippen molar-refractivity contribution in [2.24, 2.45) is 0 Å². The maximum absolute atomic E-state index is 13.1. The van der Waals surface area contributed by atoms with E-state index in [2.05, 4.69) is 18.7 Å². The Balaban J connectivity index is 0.00000341. The van der Waals surface area contributed by atoms with E-state index in [0.29, 0.717) is 22.9 Å². The molecule has 0 spiro atoms. The number of hydrogen-bond acceptors (Lipinski definition) is 7. The fourth-order valence-corrected chi connectivity index (χ4v) is 4.82. The van der Waals surface area contributed by atoms with Crippen molar-refractivity contribution < 1.29 is 14.3 Å². The van der Waals surface area contributed by atoms with Gasteiger partial charge in [0.25, 0.3) is 5.91 Å². The molecule has 6 nitrogen and oxygen atoms in total. The van der Waals surface area contributed by atoms with Crippen LogP contribution in [0.5, 0.6) is 11.5 Å². The molecule has 1 aromatic carbocycles. The lowest BCUT2D eigenvalue weighted by molar-refractivity contribution is -0.114. The first-order chi connectivity index (χ1) is 14.6. The number of carbonyl (C=O) groups is 1. The van der Waals surface area contributed by atoms with E-state index < -0.39 is 0 Å².